The average Bonchev–Trinajstić information content (AvgIpc) is 3.28. The second-order valence-electron chi connectivity index (χ2n) is 7.68. The number of hydrogen-bond acceptors (Lipinski definition) is 8. The average molecular weight is 428 g/mol. The Hall–Kier alpha value is -2.54. The molecular weight excluding hydrogens is 405 g/mol. The van der Waals surface area contributed by atoms with Crippen molar-refractivity contribution in [1.82, 2.24) is 9.97 Å². The Balaban J connectivity index is 0.00000218. The van der Waals surface area contributed by atoms with Crippen LogP contribution < -0.4 is 20.8 Å². The highest BCUT2D eigenvalue weighted by Crippen LogP contribution is 2.30. The molecule has 0 spiro atoms. The summed E-state index contributed by atoms with van der Waals surface area (Å²) in [5, 5.41) is 16.1. The largest absolute Gasteiger partial charge is 0.498 e. The van der Waals surface area contributed by atoms with E-state index in [2.05, 4.69) is 26.7 Å². The molecule has 8 nitrogen and oxygen atoms in total. The molecule has 1 fully saturated rings. The maximum absolute atomic E-state index is 9.34. The third kappa shape index (κ3) is 3.91. The van der Waals surface area contributed by atoms with E-state index in [0.29, 0.717) is 25.8 Å². The van der Waals surface area contributed by atoms with Crippen LogP contribution >= 0.6 is 12.4 Å². The number of ether oxygens (including phenoxy) is 1. The summed E-state index contributed by atoms with van der Waals surface area (Å²) in [7, 11) is -0.345. The van der Waals surface area contributed by atoms with Gasteiger partial charge in [-0.2, -0.15) is 10.2 Å². The second kappa shape index (κ2) is 8.68. The summed E-state index contributed by atoms with van der Waals surface area (Å²) >= 11 is 0. The van der Waals surface area contributed by atoms with Gasteiger partial charge in [-0.15, -0.1) is 12.4 Å². The zero-order valence-corrected chi connectivity index (χ0v) is 17.5. The Morgan fingerprint density at radius 1 is 1.23 bits per heavy atom. The number of aromatic nitrogens is 2. The molecule has 2 aromatic rings. The van der Waals surface area contributed by atoms with E-state index >= 15 is 0 Å². The van der Waals surface area contributed by atoms with E-state index < -0.39 is 0 Å². The molecule has 3 aliphatic rings. The van der Waals surface area contributed by atoms with Crippen LogP contribution in [0.25, 0.3) is 0 Å². The van der Waals surface area contributed by atoms with Crippen molar-refractivity contribution >= 4 is 42.4 Å². The van der Waals surface area contributed by atoms with E-state index in [1.54, 1.807) is 6.20 Å². The smallest absolute Gasteiger partial charge is 0.492 e. The van der Waals surface area contributed by atoms with Gasteiger partial charge in [-0.3, -0.25) is 0 Å². The van der Waals surface area contributed by atoms with Gasteiger partial charge in [0.1, 0.15) is 18.2 Å². The van der Waals surface area contributed by atoms with Crippen LogP contribution in [-0.4, -0.2) is 36.3 Å². The molecule has 2 atom stereocenters. The number of nitrogens with zero attached hydrogens (tertiary/aromatic N) is 3. The van der Waals surface area contributed by atoms with Crippen LogP contribution in [0.3, 0.4) is 0 Å². The van der Waals surface area contributed by atoms with Gasteiger partial charge < -0.3 is 24.7 Å². The fourth-order valence-corrected chi connectivity index (χ4v) is 4.19. The maximum atomic E-state index is 9.34. The van der Waals surface area contributed by atoms with E-state index in [0.717, 1.165) is 53.1 Å². The molecule has 30 heavy (non-hydrogen) atoms. The predicted molar refractivity (Wildman–Crippen MR) is 116 cm³/mol. The second-order valence-corrected chi connectivity index (χ2v) is 7.68. The van der Waals surface area contributed by atoms with Crippen molar-refractivity contribution in [3.05, 3.63) is 29.5 Å². The predicted octanol–water partition coefficient (Wildman–Crippen LogP) is 2.69. The summed E-state index contributed by atoms with van der Waals surface area (Å²) in [4.78, 5) is 9.08. The Kier molecular flexibility index (Phi) is 6.00. The summed E-state index contributed by atoms with van der Waals surface area (Å²) in [5.41, 5.74) is 3.82. The van der Waals surface area contributed by atoms with E-state index in [4.69, 9.17) is 14.0 Å². The third-order valence-electron chi connectivity index (χ3n) is 5.70. The molecule has 3 heterocycles. The van der Waals surface area contributed by atoms with Gasteiger partial charge in [0, 0.05) is 35.0 Å². The SMILES string of the molecule is Cc1cnc(Nc2cc3c4c(c2)OCCOB4OC3)nc1N[C@@H]1CCC[C@H]1C#N.Cl. The van der Waals surface area contributed by atoms with Gasteiger partial charge in [-0.05, 0) is 37.8 Å². The van der Waals surface area contributed by atoms with Crippen molar-refractivity contribution in [2.45, 2.75) is 38.8 Å². The van der Waals surface area contributed by atoms with Crippen LogP contribution in [0.1, 0.15) is 30.4 Å². The molecule has 2 N–H and O–H groups in total. The number of anilines is 3. The molecule has 0 radical (unpaired) electrons. The van der Waals surface area contributed by atoms with Gasteiger partial charge in [-0.25, -0.2) is 4.98 Å². The number of halogens is 1. The lowest BCUT2D eigenvalue weighted by atomic mass is 9.78. The van der Waals surface area contributed by atoms with E-state index in [1.165, 1.54) is 0 Å². The zero-order chi connectivity index (χ0) is 19.8. The first-order valence-corrected chi connectivity index (χ1v) is 10.0. The van der Waals surface area contributed by atoms with Crippen molar-refractivity contribution in [3.8, 4) is 11.8 Å². The molecule has 0 bridgehead atoms. The first-order valence-electron chi connectivity index (χ1n) is 10.0. The summed E-state index contributed by atoms with van der Waals surface area (Å²) < 4.78 is 17.2. The normalized spacial score (nSPS) is 21.7. The lowest BCUT2D eigenvalue weighted by molar-refractivity contribution is 0.180. The molecule has 10 heteroatoms. The maximum Gasteiger partial charge on any atom is 0.498 e. The first kappa shape index (κ1) is 20.7. The summed E-state index contributed by atoms with van der Waals surface area (Å²) in [5.74, 6) is 2.07. The van der Waals surface area contributed by atoms with Gasteiger partial charge in [-0.1, -0.05) is 0 Å². The van der Waals surface area contributed by atoms with Gasteiger partial charge in [0.25, 0.3) is 0 Å². The van der Waals surface area contributed by atoms with Crippen LogP contribution in [0, 0.1) is 24.2 Å². The standard InChI is InChI=1S/C20H22BN5O3.ClH/c1-12-10-23-20(26-19(12)25-16-4-2-3-13(16)9-22)24-15-7-14-11-29-21-18(14)17(8-15)27-5-6-28-21;/h7-8,10,13,16H,2-6,11H2,1H3,(H2,23,24,25,26);1H/t13-,16+;/m0./s1. The fourth-order valence-electron chi connectivity index (χ4n) is 4.19. The van der Waals surface area contributed by atoms with Crippen molar-refractivity contribution in [2.24, 2.45) is 5.92 Å². The molecule has 0 unspecified atom stereocenters. The van der Waals surface area contributed by atoms with Gasteiger partial charge in [0.05, 0.1) is 25.2 Å². The fraction of sp³-hybridized carbons (Fsp3) is 0.450. The topological polar surface area (TPSA) is 101 Å². The van der Waals surface area contributed by atoms with Crippen LogP contribution in [0.5, 0.6) is 5.75 Å². The van der Waals surface area contributed by atoms with Crippen LogP contribution in [0.15, 0.2) is 18.3 Å². The van der Waals surface area contributed by atoms with Crippen LogP contribution in [0.2, 0.25) is 0 Å². The van der Waals surface area contributed by atoms with Crippen LogP contribution in [0.4, 0.5) is 17.5 Å². The third-order valence-corrected chi connectivity index (χ3v) is 5.70. The summed E-state index contributed by atoms with van der Waals surface area (Å²) in [6.45, 7) is 3.45. The molecule has 156 valence electrons. The Morgan fingerprint density at radius 3 is 3.00 bits per heavy atom. The lowest BCUT2D eigenvalue weighted by Gasteiger charge is -2.18. The quantitative estimate of drug-likeness (QED) is 0.718. The number of hydrogen-bond donors (Lipinski definition) is 2. The number of benzene rings is 1. The van der Waals surface area contributed by atoms with Gasteiger partial charge in [0.2, 0.25) is 5.95 Å². The van der Waals surface area contributed by atoms with E-state index in [9.17, 15) is 5.26 Å². The molecule has 5 rings (SSSR count). The molecule has 0 saturated heterocycles. The number of nitrogens with one attached hydrogen (secondary N) is 2. The van der Waals surface area contributed by atoms with Crippen molar-refractivity contribution in [1.29, 1.82) is 5.26 Å². The Bertz CT molecular complexity index is 986. The molecule has 0 amide bonds. The van der Waals surface area contributed by atoms with E-state index in [1.807, 2.05) is 19.1 Å². The Labute approximate surface area is 181 Å². The van der Waals surface area contributed by atoms with Gasteiger partial charge >= 0.3 is 7.12 Å². The zero-order valence-electron chi connectivity index (χ0n) is 16.7. The molecule has 1 aliphatic carbocycles. The minimum absolute atomic E-state index is 0. The highest BCUT2D eigenvalue weighted by Gasteiger charge is 2.36. The number of rotatable bonds is 4. The van der Waals surface area contributed by atoms with Crippen LogP contribution in [-0.2, 0) is 15.9 Å². The molecule has 2 aliphatic heterocycles. The number of nitriles is 1. The molecule has 1 aromatic carbocycles. The van der Waals surface area contributed by atoms with E-state index in [-0.39, 0.29) is 31.5 Å². The Morgan fingerprint density at radius 2 is 2.13 bits per heavy atom. The minimum atomic E-state index is -0.345. The van der Waals surface area contributed by atoms with Crippen molar-refractivity contribution < 1.29 is 14.0 Å². The summed E-state index contributed by atoms with van der Waals surface area (Å²) in [6, 6.07) is 6.50. The van der Waals surface area contributed by atoms with Gasteiger partial charge in [0.15, 0.2) is 0 Å². The first-order chi connectivity index (χ1) is 14.2. The molecule has 1 saturated carbocycles. The lowest BCUT2D eigenvalue weighted by Crippen LogP contribution is -2.31. The summed E-state index contributed by atoms with van der Waals surface area (Å²) in [6.07, 6.45) is 4.78. The monoisotopic (exact) mass is 427 g/mol. The highest BCUT2D eigenvalue weighted by molar-refractivity contribution is 6.64. The highest BCUT2D eigenvalue weighted by atomic mass is 35.5. The molecular formula is C20H23BClN5O3. The molecule has 1 aromatic heterocycles. The van der Waals surface area contributed by atoms with Crippen molar-refractivity contribution in [3.63, 3.8) is 0 Å². The minimum Gasteiger partial charge on any atom is -0.492 e. The van der Waals surface area contributed by atoms with Crippen molar-refractivity contribution in [2.75, 3.05) is 23.8 Å². The number of aryl methyl sites for hydroxylation is 1.